The molecular formula is C22H16ClNO4. The number of carbonyl (C=O) groups excluding carboxylic acids is 1. The van der Waals surface area contributed by atoms with Gasteiger partial charge >= 0.3 is 0 Å². The quantitative estimate of drug-likeness (QED) is 0.309. The van der Waals surface area contributed by atoms with Crippen LogP contribution in [0.5, 0.6) is 11.5 Å². The van der Waals surface area contributed by atoms with Crippen molar-refractivity contribution in [2.24, 2.45) is 0 Å². The number of methoxy groups -OCH3 is 1. The van der Waals surface area contributed by atoms with E-state index in [2.05, 4.69) is 0 Å². The lowest BCUT2D eigenvalue weighted by atomic mass is 10.1. The van der Waals surface area contributed by atoms with Crippen molar-refractivity contribution in [2.75, 3.05) is 7.11 Å². The Hall–Kier alpha value is -3.49. The van der Waals surface area contributed by atoms with Crippen LogP contribution in [0, 0.1) is 11.3 Å². The number of nitriles is 1. The van der Waals surface area contributed by atoms with Crippen LogP contribution >= 0.6 is 11.6 Å². The minimum atomic E-state index is -0.481. The van der Waals surface area contributed by atoms with Gasteiger partial charge in [-0.2, -0.15) is 5.26 Å². The molecule has 0 aliphatic rings. The number of carbonyl (C=O) groups is 1. The van der Waals surface area contributed by atoms with Gasteiger partial charge in [-0.25, -0.2) is 0 Å². The summed E-state index contributed by atoms with van der Waals surface area (Å²) in [6, 6.07) is 17.6. The number of nitrogens with zero attached hydrogens (tertiary/aromatic N) is 1. The van der Waals surface area contributed by atoms with Gasteiger partial charge in [-0.15, -0.1) is 0 Å². The zero-order chi connectivity index (χ0) is 19.9. The lowest BCUT2D eigenvalue weighted by Crippen LogP contribution is -2.01. The van der Waals surface area contributed by atoms with E-state index in [-0.39, 0.29) is 17.9 Å². The highest BCUT2D eigenvalue weighted by Gasteiger charge is 2.15. The minimum absolute atomic E-state index is 0.0401. The van der Waals surface area contributed by atoms with Gasteiger partial charge in [0.1, 0.15) is 18.2 Å². The van der Waals surface area contributed by atoms with Crippen LogP contribution in [0.4, 0.5) is 0 Å². The number of Topliss-reactive ketones (excluding diaryl/α,β-unsaturated/α-hetero) is 1. The lowest BCUT2D eigenvalue weighted by Gasteiger charge is -2.12. The summed E-state index contributed by atoms with van der Waals surface area (Å²) in [6.45, 7) is 0.283. The number of furan rings is 1. The molecule has 2 aromatic carbocycles. The zero-order valence-electron chi connectivity index (χ0n) is 15.0. The van der Waals surface area contributed by atoms with Crippen LogP contribution < -0.4 is 9.47 Å². The third-order valence-electron chi connectivity index (χ3n) is 3.95. The second-order valence-electron chi connectivity index (χ2n) is 5.77. The van der Waals surface area contributed by atoms with Gasteiger partial charge in [0.15, 0.2) is 17.3 Å². The first kappa shape index (κ1) is 19.3. The molecule has 0 bridgehead atoms. The van der Waals surface area contributed by atoms with Crippen LogP contribution in [0.1, 0.15) is 21.7 Å². The zero-order valence-corrected chi connectivity index (χ0v) is 15.8. The molecule has 0 aliphatic carbocycles. The van der Waals surface area contributed by atoms with Crippen molar-refractivity contribution in [3.05, 3.63) is 88.3 Å². The van der Waals surface area contributed by atoms with Crippen molar-refractivity contribution in [1.82, 2.24) is 0 Å². The summed E-state index contributed by atoms with van der Waals surface area (Å²) in [7, 11) is 1.52. The highest BCUT2D eigenvalue weighted by atomic mass is 35.5. The molecule has 0 amide bonds. The maximum Gasteiger partial charge on any atom is 0.238 e. The number of ether oxygens (including phenoxy) is 2. The van der Waals surface area contributed by atoms with Gasteiger partial charge in [0.05, 0.1) is 13.4 Å². The summed E-state index contributed by atoms with van der Waals surface area (Å²) >= 11 is 6.15. The van der Waals surface area contributed by atoms with Gasteiger partial charge in [0.25, 0.3) is 0 Å². The summed E-state index contributed by atoms with van der Waals surface area (Å²) < 4.78 is 16.3. The molecule has 3 aromatic rings. The molecule has 0 aliphatic heterocycles. The van der Waals surface area contributed by atoms with Crippen molar-refractivity contribution in [3.63, 3.8) is 0 Å². The molecule has 140 valence electrons. The van der Waals surface area contributed by atoms with Crippen LogP contribution in [-0.4, -0.2) is 12.9 Å². The maximum absolute atomic E-state index is 12.3. The fourth-order valence-corrected chi connectivity index (χ4v) is 2.71. The molecule has 0 saturated heterocycles. The third-order valence-corrected chi connectivity index (χ3v) is 4.32. The first-order valence-electron chi connectivity index (χ1n) is 8.36. The van der Waals surface area contributed by atoms with E-state index in [0.29, 0.717) is 22.1 Å². The Kier molecular flexibility index (Phi) is 6.15. The normalized spacial score (nSPS) is 11.0. The van der Waals surface area contributed by atoms with Gasteiger partial charge in [-0.3, -0.25) is 4.79 Å². The highest BCUT2D eigenvalue weighted by Crippen LogP contribution is 2.30. The van der Waals surface area contributed by atoms with Crippen LogP contribution in [0.2, 0.25) is 5.02 Å². The Labute approximate surface area is 167 Å². The number of halogens is 1. The van der Waals surface area contributed by atoms with Gasteiger partial charge in [0, 0.05) is 10.6 Å². The summed E-state index contributed by atoms with van der Waals surface area (Å²) in [5, 5.41) is 9.95. The fraction of sp³-hybridized carbons (Fsp3) is 0.0909. The van der Waals surface area contributed by atoms with Gasteiger partial charge in [-0.1, -0.05) is 35.9 Å². The first-order valence-corrected chi connectivity index (χ1v) is 8.74. The number of hydrogen-bond donors (Lipinski definition) is 0. The largest absolute Gasteiger partial charge is 0.493 e. The van der Waals surface area contributed by atoms with Crippen LogP contribution in [0.25, 0.3) is 6.08 Å². The molecule has 0 fully saturated rings. The van der Waals surface area contributed by atoms with Crippen molar-refractivity contribution in [1.29, 1.82) is 5.26 Å². The Morgan fingerprint density at radius 3 is 2.68 bits per heavy atom. The minimum Gasteiger partial charge on any atom is -0.493 e. The number of rotatable bonds is 7. The topological polar surface area (TPSA) is 72.5 Å². The van der Waals surface area contributed by atoms with Crippen LogP contribution in [0.15, 0.2) is 70.9 Å². The molecule has 0 saturated carbocycles. The highest BCUT2D eigenvalue weighted by molar-refractivity contribution is 6.31. The van der Waals surface area contributed by atoms with E-state index in [0.717, 1.165) is 5.56 Å². The molecule has 0 atom stereocenters. The summed E-state index contributed by atoms with van der Waals surface area (Å²) in [5.74, 6) is 0.629. The Morgan fingerprint density at radius 1 is 1.18 bits per heavy atom. The maximum atomic E-state index is 12.3. The van der Waals surface area contributed by atoms with Crippen molar-refractivity contribution in [3.8, 4) is 17.6 Å². The first-order chi connectivity index (χ1) is 13.6. The van der Waals surface area contributed by atoms with E-state index in [4.69, 9.17) is 25.5 Å². The molecule has 0 N–H and O–H groups in total. The Bertz CT molecular complexity index is 1050. The lowest BCUT2D eigenvalue weighted by molar-refractivity contribution is 0.101. The Morgan fingerprint density at radius 2 is 2.00 bits per heavy atom. The molecule has 0 spiro atoms. The molecule has 0 unspecified atom stereocenters. The van der Waals surface area contributed by atoms with Crippen molar-refractivity contribution in [2.45, 2.75) is 6.61 Å². The van der Waals surface area contributed by atoms with Crippen LogP contribution in [-0.2, 0) is 6.61 Å². The molecule has 1 aromatic heterocycles. The standard InChI is InChI=1S/C22H16ClNO4/c1-26-21-12-15(11-17(13-24)22(25)20-7-4-10-27-20)8-9-19(21)28-14-16-5-2-3-6-18(16)23/h2-12H,14H2,1H3/b17-11+. The van der Waals surface area contributed by atoms with Gasteiger partial charge in [0.2, 0.25) is 5.78 Å². The summed E-state index contributed by atoms with van der Waals surface area (Å²) in [6.07, 6.45) is 2.86. The van der Waals surface area contributed by atoms with Crippen LogP contribution in [0.3, 0.4) is 0 Å². The van der Waals surface area contributed by atoms with E-state index < -0.39 is 5.78 Å². The predicted octanol–water partition coefficient (Wildman–Crippen LogP) is 5.31. The molecule has 6 heteroatoms. The third kappa shape index (κ3) is 4.43. The number of hydrogen-bond acceptors (Lipinski definition) is 5. The fourth-order valence-electron chi connectivity index (χ4n) is 2.52. The Balaban J connectivity index is 1.81. The number of benzene rings is 2. The molecular weight excluding hydrogens is 378 g/mol. The summed E-state index contributed by atoms with van der Waals surface area (Å²) in [5.41, 5.74) is 1.44. The second-order valence-corrected chi connectivity index (χ2v) is 6.17. The molecule has 1 heterocycles. The SMILES string of the molecule is COc1cc(/C=C(\C#N)C(=O)c2ccco2)ccc1OCc1ccccc1Cl. The number of ketones is 1. The number of allylic oxidation sites excluding steroid dienone is 1. The second kappa shape index (κ2) is 8.94. The smallest absolute Gasteiger partial charge is 0.238 e. The average molecular weight is 394 g/mol. The van der Waals surface area contributed by atoms with E-state index in [1.54, 1.807) is 30.3 Å². The molecule has 28 heavy (non-hydrogen) atoms. The monoisotopic (exact) mass is 393 g/mol. The van der Waals surface area contributed by atoms with E-state index in [9.17, 15) is 10.1 Å². The van der Waals surface area contributed by atoms with E-state index in [1.165, 1.54) is 25.5 Å². The molecule has 3 rings (SSSR count). The summed E-state index contributed by atoms with van der Waals surface area (Å²) in [4.78, 5) is 12.3. The average Bonchev–Trinajstić information content (AvgIpc) is 3.26. The molecule has 0 radical (unpaired) electrons. The van der Waals surface area contributed by atoms with Crippen molar-refractivity contribution < 1.29 is 18.7 Å². The molecule has 5 nitrogen and oxygen atoms in total. The van der Waals surface area contributed by atoms with Gasteiger partial charge < -0.3 is 13.9 Å². The van der Waals surface area contributed by atoms with Crippen molar-refractivity contribution >= 4 is 23.5 Å². The van der Waals surface area contributed by atoms with E-state index >= 15 is 0 Å². The predicted molar refractivity (Wildman–Crippen MR) is 105 cm³/mol. The van der Waals surface area contributed by atoms with E-state index in [1.807, 2.05) is 24.3 Å². The van der Waals surface area contributed by atoms with Gasteiger partial charge in [-0.05, 0) is 42.0 Å².